The fourth-order valence-electron chi connectivity index (χ4n) is 2.89. The maximum Gasteiger partial charge on any atom is 0.405 e. The van der Waals surface area contributed by atoms with Crippen molar-refractivity contribution in [3.63, 3.8) is 0 Å². The van der Waals surface area contributed by atoms with Crippen molar-refractivity contribution >= 4 is 23.9 Å². The number of alkyl halides is 2. The van der Waals surface area contributed by atoms with Gasteiger partial charge in [0.1, 0.15) is 12.0 Å². The lowest BCUT2D eigenvalue weighted by Crippen LogP contribution is -2.61. The highest BCUT2D eigenvalue weighted by Crippen LogP contribution is 2.38. The first-order valence-electron chi connectivity index (χ1n) is 8.14. The fraction of sp³-hybridized carbons (Fsp3) is 0.412. The lowest BCUT2D eigenvalue weighted by atomic mass is 9.89. The van der Waals surface area contributed by atoms with E-state index in [-0.39, 0.29) is 5.56 Å². The van der Waals surface area contributed by atoms with Gasteiger partial charge >= 0.3 is 12.1 Å². The summed E-state index contributed by atoms with van der Waals surface area (Å²) in [4.78, 5) is 47.9. The summed E-state index contributed by atoms with van der Waals surface area (Å²) >= 11 is 0. The Morgan fingerprint density at radius 2 is 1.85 bits per heavy atom. The first kappa shape index (κ1) is 20.3. The zero-order valence-corrected chi connectivity index (χ0v) is 14.6. The van der Waals surface area contributed by atoms with Crippen LogP contribution in [0, 0.1) is 5.92 Å². The lowest BCUT2D eigenvalue weighted by molar-refractivity contribution is -0.149. The number of carbonyl (C=O) groups is 4. The van der Waals surface area contributed by atoms with E-state index in [0.717, 1.165) is 0 Å². The number of nitrogens with zero attached hydrogens (tertiary/aromatic N) is 1. The van der Waals surface area contributed by atoms with Crippen LogP contribution in [0.15, 0.2) is 30.3 Å². The Labute approximate surface area is 153 Å². The fourth-order valence-corrected chi connectivity index (χ4v) is 2.89. The van der Waals surface area contributed by atoms with E-state index < -0.39 is 54.3 Å². The number of carboxylic acid groups (broad SMARTS) is 1. The maximum atomic E-state index is 14.9. The van der Waals surface area contributed by atoms with Gasteiger partial charge in [0, 0.05) is 12.5 Å². The third kappa shape index (κ3) is 4.39. The van der Waals surface area contributed by atoms with Crippen LogP contribution in [-0.2, 0) is 9.59 Å². The van der Waals surface area contributed by atoms with Gasteiger partial charge in [0.05, 0.1) is 0 Å². The molecular weight excluding hydrogens is 364 g/mol. The number of benzene rings is 1. The van der Waals surface area contributed by atoms with Gasteiger partial charge in [0.25, 0.3) is 5.92 Å². The largest absolute Gasteiger partial charge is 0.465 e. The summed E-state index contributed by atoms with van der Waals surface area (Å²) in [6, 6.07) is 3.53. The summed E-state index contributed by atoms with van der Waals surface area (Å²) in [7, 11) is 0. The van der Waals surface area contributed by atoms with Crippen LogP contribution in [0.4, 0.5) is 18.4 Å². The summed E-state index contributed by atoms with van der Waals surface area (Å²) in [6.45, 7) is 3.00. The maximum absolute atomic E-state index is 14.9. The molecule has 146 valence electrons. The Bertz CT molecular complexity index is 754. The number of hydrogen-bond donors (Lipinski definition) is 3. The Morgan fingerprint density at radius 3 is 2.37 bits per heavy atom. The van der Waals surface area contributed by atoms with Crippen molar-refractivity contribution in [1.29, 1.82) is 0 Å². The number of rotatable bonds is 6. The molecule has 0 aliphatic carbocycles. The highest BCUT2D eigenvalue weighted by Gasteiger charge is 2.50. The second-order valence-corrected chi connectivity index (χ2v) is 6.41. The number of urea groups is 1. The van der Waals surface area contributed by atoms with Crippen molar-refractivity contribution in [2.24, 2.45) is 5.92 Å². The Hall–Kier alpha value is -3.04. The minimum absolute atomic E-state index is 0.0228. The topological polar surface area (TPSA) is 116 Å². The van der Waals surface area contributed by atoms with Crippen molar-refractivity contribution in [3.05, 3.63) is 35.9 Å². The molecular formula is C17H19F2N3O5. The van der Waals surface area contributed by atoms with Gasteiger partial charge in [-0.2, -0.15) is 0 Å². The van der Waals surface area contributed by atoms with E-state index in [1.807, 2.05) is 5.32 Å². The molecule has 1 aromatic rings. The summed E-state index contributed by atoms with van der Waals surface area (Å²) in [5.41, 5.74) is -0.0228. The molecule has 1 heterocycles. The normalized spacial score (nSPS) is 19.1. The second-order valence-electron chi connectivity index (χ2n) is 6.41. The van der Waals surface area contributed by atoms with Crippen LogP contribution in [0.3, 0.4) is 0 Å². The summed E-state index contributed by atoms with van der Waals surface area (Å²) < 4.78 is 29.9. The SMILES string of the molecule is CC(C)N1C(=O)NC(=O)C(CC(F)(F)[C@@H](NC(=O)O)c2ccccc2)C1=O. The summed E-state index contributed by atoms with van der Waals surface area (Å²) in [5.74, 6) is -7.77. The number of halogens is 2. The molecule has 1 unspecified atom stereocenters. The van der Waals surface area contributed by atoms with E-state index in [0.29, 0.717) is 4.90 Å². The summed E-state index contributed by atoms with van der Waals surface area (Å²) in [6.07, 6.45) is -2.93. The molecule has 1 fully saturated rings. The molecule has 0 bridgehead atoms. The first-order chi connectivity index (χ1) is 12.5. The Morgan fingerprint density at radius 1 is 1.26 bits per heavy atom. The number of nitrogens with one attached hydrogen (secondary N) is 2. The summed E-state index contributed by atoms with van der Waals surface area (Å²) in [5, 5.41) is 12.6. The molecule has 1 aromatic carbocycles. The van der Waals surface area contributed by atoms with Crippen molar-refractivity contribution in [2.75, 3.05) is 0 Å². The molecule has 10 heteroatoms. The van der Waals surface area contributed by atoms with Gasteiger partial charge in [-0.1, -0.05) is 30.3 Å². The van der Waals surface area contributed by atoms with Gasteiger partial charge in [0.2, 0.25) is 11.8 Å². The Kier molecular flexibility index (Phi) is 5.77. The lowest BCUT2D eigenvalue weighted by Gasteiger charge is -2.35. The third-order valence-electron chi connectivity index (χ3n) is 4.12. The Balaban J connectivity index is 2.33. The smallest absolute Gasteiger partial charge is 0.405 e. The second kappa shape index (κ2) is 7.68. The molecule has 1 saturated heterocycles. The minimum atomic E-state index is -3.78. The van der Waals surface area contributed by atoms with E-state index in [1.165, 1.54) is 38.1 Å². The predicted octanol–water partition coefficient (Wildman–Crippen LogP) is 2.12. The van der Waals surface area contributed by atoms with Gasteiger partial charge in [0.15, 0.2) is 0 Å². The highest BCUT2D eigenvalue weighted by atomic mass is 19.3. The molecule has 2 atom stereocenters. The number of amides is 5. The zero-order valence-electron chi connectivity index (χ0n) is 14.6. The molecule has 0 radical (unpaired) electrons. The zero-order chi connectivity index (χ0) is 20.4. The van der Waals surface area contributed by atoms with Crippen LogP contribution in [0.1, 0.15) is 31.9 Å². The van der Waals surface area contributed by atoms with Gasteiger partial charge in [-0.05, 0) is 19.4 Å². The van der Waals surface area contributed by atoms with Crippen molar-refractivity contribution < 1.29 is 33.1 Å². The predicted molar refractivity (Wildman–Crippen MR) is 88.9 cm³/mol. The molecule has 5 amide bonds. The van der Waals surface area contributed by atoms with Gasteiger partial charge in [-0.25, -0.2) is 18.4 Å². The first-order valence-corrected chi connectivity index (χ1v) is 8.14. The van der Waals surface area contributed by atoms with E-state index in [2.05, 4.69) is 0 Å². The molecule has 1 aliphatic heterocycles. The van der Waals surface area contributed by atoms with Crippen molar-refractivity contribution in [1.82, 2.24) is 15.5 Å². The van der Waals surface area contributed by atoms with Gasteiger partial charge < -0.3 is 10.4 Å². The molecule has 3 N–H and O–H groups in total. The molecule has 0 saturated carbocycles. The monoisotopic (exact) mass is 383 g/mol. The highest BCUT2D eigenvalue weighted by molar-refractivity contribution is 6.16. The third-order valence-corrected chi connectivity index (χ3v) is 4.12. The van der Waals surface area contributed by atoms with Crippen molar-refractivity contribution in [2.45, 2.75) is 38.3 Å². The van der Waals surface area contributed by atoms with Crippen LogP contribution in [0.25, 0.3) is 0 Å². The van der Waals surface area contributed by atoms with Crippen molar-refractivity contribution in [3.8, 4) is 0 Å². The molecule has 2 rings (SSSR count). The molecule has 8 nitrogen and oxygen atoms in total. The molecule has 0 aromatic heterocycles. The van der Waals surface area contributed by atoms with Crippen LogP contribution in [-0.4, -0.2) is 45.9 Å². The van der Waals surface area contributed by atoms with E-state index in [4.69, 9.17) is 5.11 Å². The van der Waals surface area contributed by atoms with Gasteiger partial charge in [-0.3, -0.25) is 19.8 Å². The van der Waals surface area contributed by atoms with Crippen LogP contribution in [0.2, 0.25) is 0 Å². The average Bonchev–Trinajstić information content (AvgIpc) is 2.56. The average molecular weight is 383 g/mol. The number of hydrogen-bond acceptors (Lipinski definition) is 4. The van der Waals surface area contributed by atoms with Crippen LogP contribution < -0.4 is 10.6 Å². The molecule has 1 aliphatic rings. The van der Waals surface area contributed by atoms with E-state index in [9.17, 15) is 28.0 Å². The quantitative estimate of drug-likeness (QED) is 0.651. The molecule has 27 heavy (non-hydrogen) atoms. The minimum Gasteiger partial charge on any atom is -0.465 e. The standard InChI is InChI=1S/C17H19F2N3O5/c1-9(2)22-14(24)11(13(23)21-15(22)25)8-17(18,19)12(20-16(26)27)10-6-4-3-5-7-10/h3-7,9,11-12,20H,8H2,1-2H3,(H,26,27)(H,21,23,25)/t11?,12-/m0/s1. The number of carbonyl (C=O) groups excluding carboxylic acids is 3. The van der Waals surface area contributed by atoms with Gasteiger partial charge in [-0.15, -0.1) is 0 Å². The van der Waals surface area contributed by atoms with E-state index >= 15 is 0 Å². The van der Waals surface area contributed by atoms with Crippen LogP contribution in [0.5, 0.6) is 0 Å². The number of barbiturate groups is 1. The van der Waals surface area contributed by atoms with E-state index in [1.54, 1.807) is 11.4 Å². The molecule has 0 spiro atoms. The number of imide groups is 2. The van der Waals surface area contributed by atoms with Crippen LogP contribution >= 0.6 is 0 Å².